The third-order valence-corrected chi connectivity index (χ3v) is 1.21. The first-order valence-electron chi connectivity index (χ1n) is 3.06. The minimum atomic E-state index is -0.903. The van der Waals surface area contributed by atoms with Gasteiger partial charge in [-0.15, -0.1) is 0 Å². The van der Waals surface area contributed by atoms with Crippen LogP contribution in [-0.2, 0) is 4.79 Å². The maximum Gasteiger partial charge on any atom is 0.308 e. The van der Waals surface area contributed by atoms with E-state index in [1.807, 2.05) is 6.92 Å². The van der Waals surface area contributed by atoms with Gasteiger partial charge in [-0.05, 0) is 6.42 Å². The summed E-state index contributed by atoms with van der Waals surface area (Å²) >= 11 is 0. The molecule has 54 valence electrons. The molecule has 0 saturated heterocycles. The number of aliphatic carboxylic acids is 1. The van der Waals surface area contributed by atoms with Gasteiger partial charge in [-0.2, -0.15) is 0 Å². The summed E-state index contributed by atoms with van der Waals surface area (Å²) in [5.41, 5.74) is 0. The molecule has 0 aromatic rings. The maximum atomic E-state index is 10.2. The van der Waals surface area contributed by atoms with Crippen molar-refractivity contribution in [2.75, 3.05) is 6.61 Å². The average molecular weight is 132 g/mol. The topological polar surface area (TPSA) is 57.5 Å². The number of rotatable bonds is 4. The molecule has 0 spiro atoms. The van der Waals surface area contributed by atoms with Crippen molar-refractivity contribution in [2.45, 2.75) is 19.8 Å². The van der Waals surface area contributed by atoms with Gasteiger partial charge < -0.3 is 10.2 Å². The zero-order valence-corrected chi connectivity index (χ0v) is 5.50. The van der Waals surface area contributed by atoms with Gasteiger partial charge in [0, 0.05) is 0 Å². The molecule has 2 N–H and O–H groups in total. The highest BCUT2D eigenvalue weighted by atomic mass is 16.4. The monoisotopic (exact) mass is 132 g/mol. The summed E-state index contributed by atoms with van der Waals surface area (Å²) in [7, 11) is 0. The Bertz CT molecular complexity index is 90.3. The lowest BCUT2D eigenvalue weighted by Crippen LogP contribution is -2.16. The SMILES string of the molecule is CCCC(CO)C(=O)O. The van der Waals surface area contributed by atoms with Crippen molar-refractivity contribution in [2.24, 2.45) is 5.92 Å². The highest BCUT2D eigenvalue weighted by molar-refractivity contribution is 5.69. The van der Waals surface area contributed by atoms with Crippen LogP contribution in [0.4, 0.5) is 0 Å². The van der Waals surface area contributed by atoms with Crippen molar-refractivity contribution < 1.29 is 15.0 Å². The van der Waals surface area contributed by atoms with Gasteiger partial charge in [0.25, 0.3) is 0 Å². The molecule has 0 amide bonds. The van der Waals surface area contributed by atoms with Crippen molar-refractivity contribution in [3.63, 3.8) is 0 Å². The van der Waals surface area contributed by atoms with E-state index in [9.17, 15) is 4.79 Å². The molecule has 0 saturated carbocycles. The summed E-state index contributed by atoms with van der Waals surface area (Å²) in [6.07, 6.45) is 1.36. The zero-order valence-electron chi connectivity index (χ0n) is 5.50. The van der Waals surface area contributed by atoms with E-state index in [1.165, 1.54) is 0 Å². The van der Waals surface area contributed by atoms with E-state index >= 15 is 0 Å². The molecule has 0 rings (SSSR count). The number of hydrogen-bond acceptors (Lipinski definition) is 2. The highest BCUT2D eigenvalue weighted by Gasteiger charge is 2.13. The summed E-state index contributed by atoms with van der Waals surface area (Å²) in [6, 6.07) is 0. The normalized spacial score (nSPS) is 13.1. The summed E-state index contributed by atoms with van der Waals surface area (Å²) in [5, 5.41) is 16.8. The van der Waals surface area contributed by atoms with E-state index in [2.05, 4.69) is 0 Å². The quantitative estimate of drug-likeness (QED) is 0.585. The summed E-state index contributed by atoms with van der Waals surface area (Å²) in [6.45, 7) is 1.65. The molecule has 1 atom stereocenters. The van der Waals surface area contributed by atoms with Gasteiger partial charge in [0.05, 0.1) is 12.5 Å². The fraction of sp³-hybridized carbons (Fsp3) is 0.833. The van der Waals surface area contributed by atoms with Crippen molar-refractivity contribution >= 4 is 5.97 Å². The highest BCUT2D eigenvalue weighted by Crippen LogP contribution is 2.03. The van der Waals surface area contributed by atoms with Crippen LogP contribution >= 0.6 is 0 Å². The number of aliphatic hydroxyl groups is 1. The minimum Gasteiger partial charge on any atom is -0.481 e. The molecule has 0 aliphatic carbocycles. The standard InChI is InChI=1S/C6H12O3/c1-2-3-5(4-7)6(8)9/h5,7H,2-4H2,1H3,(H,8,9). The van der Waals surface area contributed by atoms with Crippen LogP contribution in [0, 0.1) is 5.92 Å². The second-order valence-corrected chi connectivity index (χ2v) is 2.01. The molecule has 0 fully saturated rings. The third-order valence-electron chi connectivity index (χ3n) is 1.21. The van der Waals surface area contributed by atoms with Gasteiger partial charge in [-0.1, -0.05) is 13.3 Å². The lowest BCUT2D eigenvalue weighted by molar-refractivity contribution is -0.143. The van der Waals surface area contributed by atoms with E-state index in [4.69, 9.17) is 10.2 Å². The molecule has 3 nitrogen and oxygen atoms in total. The summed E-state index contributed by atoms with van der Waals surface area (Å²) in [4.78, 5) is 10.2. The van der Waals surface area contributed by atoms with Crippen LogP contribution in [0.3, 0.4) is 0 Å². The zero-order chi connectivity index (χ0) is 7.28. The number of carbonyl (C=O) groups is 1. The Morgan fingerprint density at radius 3 is 2.33 bits per heavy atom. The van der Waals surface area contributed by atoms with Gasteiger partial charge in [-0.3, -0.25) is 4.79 Å². The van der Waals surface area contributed by atoms with Crippen molar-refractivity contribution in [1.29, 1.82) is 0 Å². The molecule has 0 heterocycles. The van der Waals surface area contributed by atoms with E-state index in [-0.39, 0.29) is 6.61 Å². The number of hydrogen-bond donors (Lipinski definition) is 2. The van der Waals surface area contributed by atoms with Gasteiger partial charge >= 0.3 is 5.97 Å². The Morgan fingerprint density at radius 2 is 2.22 bits per heavy atom. The van der Waals surface area contributed by atoms with Crippen LogP contribution < -0.4 is 0 Å². The van der Waals surface area contributed by atoms with Crippen LogP contribution in [0.15, 0.2) is 0 Å². The molecule has 0 aliphatic heterocycles. The molecule has 0 aromatic heterocycles. The second kappa shape index (κ2) is 4.32. The Kier molecular flexibility index (Phi) is 4.05. The average Bonchev–Trinajstić information content (AvgIpc) is 1.82. The Morgan fingerprint density at radius 1 is 1.67 bits per heavy atom. The van der Waals surface area contributed by atoms with Gasteiger partial charge in [0.1, 0.15) is 0 Å². The Balaban J connectivity index is 3.54. The Labute approximate surface area is 54.3 Å². The number of carboxylic acids is 1. The molecule has 3 heteroatoms. The summed E-state index contributed by atoms with van der Waals surface area (Å²) < 4.78 is 0. The Hall–Kier alpha value is -0.570. The van der Waals surface area contributed by atoms with E-state index in [0.717, 1.165) is 6.42 Å². The second-order valence-electron chi connectivity index (χ2n) is 2.01. The molecule has 0 aromatic carbocycles. The summed E-state index contributed by atoms with van der Waals surface area (Å²) in [5.74, 6) is -1.46. The fourth-order valence-electron chi connectivity index (χ4n) is 0.641. The molecule has 0 radical (unpaired) electrons. The molecule has 9 heavy (non-hydrogen) atoms. The fourth-order valence-corrected chi connectivity index (χ4v) is 0.641. The molecule has 0 bridgehead atoms. The van der Waals surface area contributed by atoms with Gasteiger partial charge in [0.15, 0.2) is 0 Å². The van der Waals surface area contributed by atoms with Gasteiger partial charge in [0.2, 0.25) is 0 Å². The first-order valence-corrected chi connectivity index (χ1v) is 3.06. The van der Waals surface area contributed by atoms with Crippen LogP contribution in [-0.4, -0.2) is 22.8 Å². The van der Waals surface area contributed by atoms with Crippen molar-refractivity contribution in [3.05, 3.63) is 0 Å². The molecular weight excluding hydrogens is 120 g/mol. The lowest BCUT2D eigenvalue weighted by atomic mass is 10.1. The predicted molar refractivity (Wildman–Crippen MR) is 33.1 cm³/mol. The molecular formula is C6H12O3. The number of aliphatic hydroxyl groups excluding tert-OH is 1. The van der Waals surface area contributed by atoms with E-state index < -0.39 is 11.9 Å². The van der Waals surface area contributed by atoms with Gasteiger partial charge in [-0.25, -0.2) is 0 Å². The maximum absolute atomic E-state index is 10.2. The van der Waals surface area contributed by atoms with Crippen LogP contribution in [0.1, 0.15) is 19.8 Å². The van der Waals surface area contributed by atoms with E-state index in [1.54, 1.807) is 0 Å². The molecule has 0 aliphatic rings. The first kappa shape index (κ1) is 8.43. The number of carboxylic acid groups (broad SMARTS) is 1. The van der Waals surface area contributed by atoms with Crippen LogP contribution in [0.5, 0.6) is 0 Å². The van der Waals surface area contributed by atoms with Crippen LogP contribution in [0.2, 0.25) is 0 Å². The van der Waals surface area contributed by atoms with Crippen molar-refractivity contribution in [1.82, 2.24) is 0 Å². The predicted octanol–water partition coefficient (Wildman–Crippen LogP) is 0.480. The largest absolute Gasteiger partial charge is 0.481 e. The minimum absolute atomic E-state index is 0.247. The smallest absolute Gasteiger partial charge is 0.308 e. The van der Waals surface area contributed by atoms with E-state index in [0.29, 0.717) is 6.42 Å². The molecule has 1 unspecified atom stereocenters. The first-order chi connectivity index (χ1) is 4.22. The van der Waals surface area contributed by atoms with Crippen LogP contribution in [0.25, 0.3) is 0 Å². The van der Waals surface area contributed by atoms with Crippen molar-refractivity contribution in [3.8, 4) is 0 Å². The third kappa shape index (κ3) is 3.08. The lowest BCUT2D eigenvalue weighted by Gasteiger charge is -2.04.